The van der Waals surface area contributed by atoms with Gasteiger partial charge in [0.2, 0.25) is 0 Å². The van der Waals surface area contributed by atoms with E-state index in [1.165, 1.54) is 25.9 Å². The van der Waals surface area contributed by atoms with E-state index in [1.807, 2.05) is 11.3 Å². The average Bonchev–Trinajstić information content (AvgIpc) is 3.18. The van der Waals surface area contributed by atoms with Crippen molar-refractivity contribution >= 4 is 32.4 Å². The summed E-state index contributed by atoms with van der Waals surface area (Å²) in [5, 5.41) is 2.54. The Morgan fingerprint density at radius 3 is 2.35 bits per heavy atom. The molecule has 26 heavy (non-hydrogen) atoms. The first-order valence-electron chi connectivity index (χ1n) is 9.24. The van der Waals surface area contributed by atoms with Gasteiger partial charge in [-0.15, -0.1) is 11.3 Å². The van der Waals surface area contributed by atoms with Crippen molar-refractivity contribution in [3.05, 3.63) is 70.8 Å². The lowest BCUT2D eigenvalue weighted by molar-refractivity contribution is 0.430. The van der Waals surface area contributed by atoms with Gasteiger partial charge in [-0.2, -0.15) is 0 Å². The van der Waals surface area contributed by atoms with Crippen LogP contribution in [0.4, 0.5) is 0 Å². The smallest absolute Gasteiger partial charge is 0.134 e. The normalized spacial score (nSPS) is 13.0. The summed E-state index contributed by atoms with van der Waals surface area (Å²) in [5.41, 5.74) is 2.46. The van der Waals surface area contributed by atoms with Gasteiger partial charge >= 0.3 is 0 Å². The van der Waals surface area contributed by atoms with Gasteiger partial charge in [0.1, 0.15) is 11.3 Å². The Morgan fingerprint density at radius 2 is 1.62 bits per heavy atom. The van der Waals surface area contributed by atoms with E-state index in [2.05, 4.69) is 89.2 Å². The summed E-state index contributed by atoms with van der Waals surface area (Å²) in [5.74, 6) is 1.05. The fourth-order valence-corrected chi connectivity index (χ4v) is 4.63. The van der Waals surface area contributed by atoms with Crippen molar-refractivity contribution < 1.29 is 4.42 Å². The molecule has 1 nitrogen and oxygen atoms in total. The highest BCUT2D eigenvalue weighted by molar-refractivity contribution is 7.19. The van der Waals surface area contributed by atoms with Crippen molar-refractivity contribution in [2.45, 2.75) is 51.9 Å². The monoisotopic (exact) mass is 362 g/mol. The predicted octanol–water partition coefficient (Wildman–Crippen LogP) is 7.47. The van der Waals surface area contributed by atoms with E-state index < -0.39 is 0 Å². The number of benzene rings is 2. The second kappa shape index (κ2) is 5.99. The van der Waals surface area contributed by atoms with E-state index in [-0.39, 0.29) is 10.8 Å². The Bertz CT molecular complexity index is 1040. The van der Waals surface area contributed by atoms with Crippen LogP contribution in [0.1, 0.15) is 50.8 Å². The zero-order valence-electron chi connectivity index (χ0n) is 16.2. The van der Waals surface area contributed by atoms with Crippen LogP contribution in [0.2, 0.25) is 0 Å². The SMILES string of the molecule is CC(C)(C)c1cc2ccc(CC(C)(C)c3cc4ccccc4s3)cc2o1. The summed E-state index contributed by atoms with van der Waals surface area (Å²) < 4.78 is 7.51. The van der Waals surface area contributed by atoms with Crippen molar-refractivity contribution in [2.75, 3.05) is 0 Å². The minimum atomic E-state index is 0.0372. The van der Waals surface area contributed by atoms with Gasteiger partial charge in [0.15, 0.2) is 0 Å². The summed E-state index contributed by atoms with van der Waals surface area (Å²) in [6.07, 6.45) is 1.00. The molecule has 2 aromatic carbocycles. The number of rotatable bonds is 3. The molecule has 2 heteroatoms. The van der Waals surface area contributed by atoms with E-state index in [4.69, 9.17) is 4.42 Å². The Morgan fingerprint density at radius 1 is 0.846 bits per heavy atom. The van der Waals surface area contributed by atoms with Crippen molar-refractivity contribution in [3.63, 3.8) is 0 Å². The molecule has 0 aliphatic carbocycles. The predicted molar refractivity (Wildman–Crippen MR) is 113 cm³/mol. The molecule has 4 rings (SSSR count). The molecule has 2 heterocycles. The van der Waals surface area contributed by atoms with Crippen molar-refractivity contribution in [3.8, 4) is 0 Å². The van der Waals surface area contributed by atoms with Crippen LogP contribution >= 0.6 is 11.3 Å². The standard InChI is InChI=1S/C24H26OS/c1-23(2,3)21-13-17-11-10-16(12-19(17)25-21)15-24(4,5)22-14-18-8-6-7-9-20(18)26-22/h6-14H,15H2,1-5H3. The zero-order valence-corrected chi connectivity index (χ0v) is 17.0. The molecular weight excluding hydrogens is 336 g/mol. The highest BCUT2D eigenvalue weighted by Gasteiger charge is 2.24. The molecule has 0 bridgehead atoms. The van der Waals surface area contributed by atoms with Gasteiger partial charge in [-0.25, -0.2) is 0 Å². The van der Waals surface area contributed by atoms with Crippen LogP contribution in [0.5, 0.6) is 0 Å². The first kappa shape index (κ1) is 17.4. The topological polar surface area (TPSA) is 13.1 Å². The van der Waals surface area contributed by atoms with Gasteiger partial charge in [0, 0.05) is 25.8 Å². The third-order valence-corrected chi connectivity index (χ3v) is 6.54. The molecule has 0 saturated carbocycles. The number of thiophene rings is 1. The largest absolute Gasteiger partial charge is 0.461 e. The lowest BCUT2D eigenvalue weighted by Crippen LogP contribution is -2.18. The van der Waals surface area contributed by atoms with Crippen LogP contribution in [0.25, 0.3) is 21.1 Å². The van der Waals surface area contributed by atoms with Gasteiger partial charge in [-0.05, 0) is 41.6 Å². The minimum absolute atomic E-state index is 0.0372. The fraction of sp³-hybridized carbons (Fsp3) is 0.333. The Balaban J connectivity index is 1.66. The number of furan rings is 1. The maximum Gasteiger partial charge on any atom is 0.134 e. The van der Waals surface area contributed by atoms with E-state index in [1.54, 1.807) is 0 Å². The summed E-state index contributed by atoms with van der Waals surface area (Å²) in [4.78, 5) is 1.44. The molecular formula is C24H26OS. The average molecular weight is 363 g/mol. The molecule has 4 aromatic rings. The lowest BCUT2D eigenvalue weighted by atomic mass is 9.84. The summed E-state index contributed by atoms with van der Waals surface area (Å²) in [7, 11) is 0. The van der Waals surface area contributed by atoms with Crippen LogP contribution < -0.4 is 0 Å². The maximum atomic E-state index is 6.14. The van der Waals surface area contributed by atoms with Crippen molar-refractivity contribution in [1.29, 1.82) is 0 Å². The third-order valence-electron chi connectivity index (χ3n) is 5.06. The third kappa shape index (κ3) is 3.19. The molecule has 134 valence electrons. The first-order valence-corrected chi connectivity index (χ1v) is 10.1. The quantitative estimate of drug-likeness (QED) is 0.368. The molecule has 0 spiro atoms. The van der Waals surface area contributed by atoms with Crippen molar-refractivity contribution in [2.24, 2.45) is 0 Å². The van der Waals surface area contributed by atoms with Crippen LogP contribution in [0.3, 0.4) is 0 Å². The van der Waals surface area contributed by atoms with Crippen LogP contribution in [0, 0.1) is 0 Å². The molecule has 0 N–H and O–H groups in total. The molecule has 0 radical (unpaired) electrons. The highest BCUT2D eigenvalue weighted by Crippen LogP contribution is 2.37. The van der Waals surface area contributed by atoms with Gasteiger partial charge in [-0.1, -0.05) is 65.0 Å². The van der Waals surface area contributed by atoms with E-state index in [9.17, 15) is 0 Å². The molecule has 2 aromatic heterocycles. The summed E-state index contributed by atoms with van der Waals surface area (Å²) in [6.45, 7) is 11.2. The molecule has 0 aliphatic heterocycles. The number of hydrogen-bond acceptors (Lipinski definition) is 2. The summed E-state index contributed by atoms with van der Waals surface area (Å²) >= 11 is 1.91. The Kier molecular flexibility index (Phi) is 4.00. The number of hydrogen-bond donors (Lipinski definition) is 0. The van der Waals surface area contributed by atoms with Crippen molar-refractivity contribution in [1.82, 2.24) is 0 Å². The van der Waals surface area contributed by atoms with Gasteiger partial charge in [0.05, 0.1) is 0 Å². The first-order chi connectivity index (χ1) is 12.2. The van der Waals surface area contributed by atoms with Crippen LogP contribution in [0.15, 0.2) is 59.0 Å². The number of fused-ring (bicyclic) bond motifs is 2. The van der Waals surface area contributed by atoms with E-state index in [0.29, 0.717) is 0 Å². The summed E-state index contributed by atoms with van der Waals surface area (Å²) in [6, 6.07) is 19.8. The van der Waals surface area contributed by atoms with Gasteiger partial charge < -0.3 is 4.42 Å². The van der Waals surface area contributed by atoms with Gasteiger partial charge in [0.25, 0.3) is 0 Å². The van der Waals surface area contributed by atoms with Crippen LogP contribution in [-0.4, -0.2) is 0 Å². The van der Waals surface area contributed by atoms with E-state index in [0.717, 1.165) is 17.8 Å². The second-order valence-corrected chi connectivity index (χ2v) is 10.0. The molecule has 0 fully saturated rings. The highest BCUT2D eigenvalue weighted by atomic mass is 32.1. The fourth-order valence-electron chi connectivity index (χ4n) is 3.47. The molecule has 0 atom stereocenters. The molecule has 0 amide bonds. The second-order valence-electron chi connectivity index (χ2n) is 8.94. The Hall–Kier alpha value is -2.06. The zero-order chi connectivity index (χ0) is 18.5. The lowest BCUT2D eigenvalue weighted by Gasteiger charge is -2.23. The minimum Gasteiger partial charge on any atom is -0.461 e. The van der Waals surface area contributed by atoms with Crippen LogP contribution in [-0.2, 0) is 17.3 Å². The maximum absolute atomic E-state index is 6.14. The molecule has 0 aliphatic rings. The molecule has 0 unspecified atom stereocenters. The Labute approximate surface area is 159 Å². The molecule has 0 saturated heterocycles. The van der Waals surface area contributed by atoms with Gasteiger partial charge in [-0.3, -0.25) is 0 Å². The van der Waals surface area contributed by atoms with E-state index >= 15 is 0 Å².